The molecule has 0 heterocycles. The fourth-order valence-electron chi connectivity index (χ4n) is 11.2. The average Bonchev–Trinajstić information content (AvgIpc) is 3.46. The normalized spacial score (nSPS) is 12.1. The highest BCUT2D eigenvalue weighted by molar-refractivity contribution is 5.71. The van der Waals surface area contributed by atoms with E-state index in [2.05, 4.69) is 45.1 Å². The monoisotopic (exact) mass is 1130 g/mol. The lowest BCUT2D eigenvalue weighted by molar-refractivity contribution is -0.167. The maximum Gasteiger partial charge on any atom is 0.306 e. The van der Waals surface area contributed by atoms with Crippen LogP contribution >= 0.6 is 0 Å². The molecule has 0 N–H and O–H groups in total. The molecule has 0 aliphatic carbocycles. The van der Waals surface area contributed by atoms with Crippen LogP contribution in [0.1, 0.15) is 412 Å². The second-order valence-corrected chi connectivity index (χ2v) is 24.9. The highest BCUT2D eigenvalue weighted by atomic mass is 16.6. The van der Waals surface area contributed by atoms with Crippen LogP contribution in [0.3, 0.4) is 0 Å². The van der Waals surface area contributed by atoms with Crippen molar-refractivity contribution in [3.05, 3.63) is 24.3 Å². The molecule has 0 amide bonds. The van der Waals surface area contributed by atoms with Crippen molar-refractivity contribution in [2.75, 3.05) is 13.2 Å². The van der Waals surface area contributed by atoms with Crippen molar-refractivity contribution in [3.8, 4) is 0 Å². The van der Waals surface area contributed by atoms with Gasteiger partial charge < -0.3 is 14.2 Å². The van der Waals surface area contributed by atoms with Crippen LogP contribution in [0.4, 0.5) is 0 Å². The molecule has 0 radical (unpaired) electrons. The number of hydrogen-bond donors (Lipinski definition) is 0. The fourth-order valence-corrected chi connectivity index (χ4v) is 11.2. The molecule has 0 rings (SSSR count). The van der Waals surface area contributed by atoms with Gasteiger partial charge in [-0.15, -0.1) is 0 Å². The van der Waals surface area contributed by atoms with E-state index in [-0.39, 0.29) is 31.1 Å². The van der Waals surface area contributed by atoms with Crippen LogP contribution in [-0.4, -0.2) is 37.2 Å². The third-order valence-electron chi connectivity index (χ3n) is 16.7. The number of rotatable bonds is 68. The van der Waals surface area contributed by atoms with E-state index in [0.717, 1.165) is 57.8 Å². The van der Waals surface area contributed by atoms with Gasteiger partial charge in [-0.1, -0.05) is 347 Å². The zero-order valence-corrected chi connectivity index (χ0v) is 54.4. The Kier molecular flexibility index (Phi) is 67.6. The zero-order chi connectivity index (χ0) is 57.8. The summed E-state index contributed by atoms with van der Waals surface area (Å²) in [4.78, 5) is 38.4. The van der Waals surface area contributed by atoms with Crippen LogP contribution in [0, 0.1) is 0 Å². The first-order valence-electron chi connectivity index (χ1n) is 36.3. The van der Waals surface area contributed by atoms with E-state index in [1.165, 1.54) is 315 Å². The number of unbranched alkanes of at least 4 members (excludes halogenated alkanes) is 53. The number of ether oxygens (including phenoxy) is 3. The van der Waals surface area contributed by atoms with Gasteiger partial charge in [-0.25, -0.2) is 0 Å². The second-order valence-electron chi connectivity index (χ2n) is 24.9. The highest BCUT2D eigenvalue weighted by Crippen LogP contribution is 2.19. The number of carbonyl (C=O) groups excluding carboxylic acids is 3. The molecule has 6 nitrogen and oxygen atoms in total. The standard InChI is InChI=1S/C74H140O6/c1-4-7-10-13-16-19-22-25-28-30-32-33-34-35-36-37-38-39-40-41-42-44-46-49-52-55-58-61-64-67-73(76)79-70-71(69-78-72(75)66-63-60-57-54-51-48-45-27-24-21-18-15-12-9-6-3)80-74(77)68-65-62-59-56-53-50-47-43-31-29-26-23-20-17-14-11-8-5-2/h29-32,71H,4-28,33-70H2,1-3H3/b31-29-,32-30-. The van der Waals surface area contributed by atoms with Crippen LogP contribution < -0.4 is 0 Å². The summed E-state index contributed by atoms with van der Waals surface area (Å²) in [5, 5.41) is 0. The van der Waals surface area contributed by atoms with Gasteiger partial charge in [-0.2, -0.15) is 0 Å². The first-order valence-corrected chi connectivity index (χ1v) is 36.3. The predicted molar refractivity (Wildman–Crippen MR) is 349 cm³/mol. The van der Waals surface area contributed by atoms with Crippen LogP contribution in [0.2, 0.25) is 0 Å². The largest absolute Gasteiger partial charge is 0.462 e. The third kappa shape index (κ3) is 66.7. The molecule has 80 heavy (non-hydrogen) atoms. The lowest BCUT2D eigenvalue weighted by Gasteiger charge is -2.18. The Hall–Kier alpha value is -2.11. The molecule has 0 aliphatic heterocycles. The van der Waals surface area contributed by atoms with E-state index >= 15 is 0 Å². The molecule has 0 aromatic rings. The summed E-state index contributed by atoms with van der Waals surface area (Å²) in [6.07, 6.45) is 85.0. The van der Waals surface area contributed by atoms with Crippen molar-refractivity contribution >= 4 is 17.9 Å². The van der Waals surface area contributed by atoms with Gasteiger partial charge in [-0.3, -0.25) is 14.4 Å². The van der Waals surface area contributed by atoms with Gasteiger partial charge in [0.2, 0.25) is 0 Å². The molecule has 0 aromatic carbocycles. The molecule has 0 fully saturated rings. The minimum Gasteiger partial charge on any atom is -0.462 e. The van der Waals surface area contributed by atoms with E-state index in [9.17, 15) is 14.4 Å². The summed E-state index contributed by atoms with van der Waals surface area (Å²) in [5.74, 6) is -0.837. The van der Waals surface area contributed by atoms with Gasteiger partial charge in [0.15, 0.2) is 6.10 Å². The Morgan fingerprint density at radius 3 is 0.625 bits per heavy atom. The molecule has 1 atom stereocenters. The van der Waals surface area contributed by atoms with E-state index < -0.39 is 6.10 Å². The number of esters is 3. The minimum absolute atomic E-state index is 0.0665. The Morgan fingerprint density at radius 2 is 0.412 bits per heavy atom. The quantitative estimate of drug-likeness (QED) is 0.0261. The first-order chi connectivity index (χ1) is 39.5. The molecule has 0 spiro atoms. The maximum absolute atomic E-state index is 12.9. The van der Waals surface area contributed by atoms with Crippen LogP contribution in [-0.2, 0) is 28.6 Å². The fraction of sp³-hybridized carbons (Fsp3) is 0.905. The van der Waals surface area contributed by atoms with Gasteiger partial charge in [0.25, 0.3) is 0 Å². The Morgan fingerprint density at radius 1 is 0.237 bits per heavy atom. The van der Waals surface area contributed by atoms with Crippen molar-refractivity contribution in [1.29, 1.82) is 0 Å². The summed E-state index contributed by atoms with van der Waals surface area (Å²) in [6.45, 7) is 6.72. The molecule has 0 saturated heterocycles. The van der Waals surface area contributed by atoms with Crippen LogP contribution in [0.15, 0.2) is 24.3 Å². The summed E-state index contributed by atoms with van der Waals surface area (Å²) in [5.41, 5.74) is 0. The molecular formula is C74H140O6. The van der Waals surface area contributed by atoms with Gasteiger partial charge >= 0.3 is 17.9 Å². The summed E-state index contributed by atoms with van der Waals surface area (Å²) in [7, 11) is 0. The van der Waals surface area contributed by atoms with Crippen molar-refractivity contribution in [1.82, 2.24) is 0 Å². The third-order valence-corrected chi connectivity index (χ3v) is 16.7. The Balaban J connectivity index is 4.19. The molecule has 0 bridgehead atoms. The maximum atomic E-state index is 12.9. The lowest BCUT2D eigenvalue weighted by Crippen LogP contribution is -2.30. The van der Waals surface area contributed by atoms with E-state index in [1.807, 2.05) is 0 Å². The van der Waals surface area contributed by atoms with Crippen molar-refractivity contribution in [2.24, 2.45) is 0 Å². The first kappa shape index (κ1) is 77.9. The summed E-state index contributed by atoms with van der Waals surface area (Å²) in [6, 6.07) is 0. The second kappa shape index (κ2) is 69.4. The SMILES string of the molecule is CCCCCCCCC/C=C\CCCCCCCCCC(=O)OC(COC(=O)CCCCCCCCCCCCCCCCC)COC(=O)CCCCCCCCCCCCCCCCCCC/C=C\CCCCCCCCCC. The van der Waals surface area contributed by atoms with Crippen LogP contribution in [0.25, 0.3) is 0 Å². The van der Waals surface area contributed by atoms with Crippen molar-refractivity contribution in [2.45, 2.75) is 419 Å². The molecule has 472 valence electrons. The van der Waals surface area contributed by atoms with Gasteiger partial charge in [0.1, 0.15) is 13.2 Å². The van der Waals surface area contributed by atoms with E-state index in [4.69, 9.17) is 14.2 Å². The molecule has 0 aromatic heterocycles. The lowest BCUT2D eigenvalue weighted by atomic mass is 10.0. The minimum atomic E-state index is -0.771. The predicted octanol–water partition coefficient (Wildman–Crippen LogP) is 25.0. The topological polar surface area (TPSA) is 78.9 Å². The summed E-state index contributed by atoms with van der Waals surface area (Å²) < 4.78 is 17.0. The van der Waals surface area contributed by atoms with E-state index in [1.54, 1.807) is 0 Å². The van der Waals surface area contributed by atoms with Crippen LogP contribution in [0.5, 0.6) is 0 Å². The highest BCUT2D eigenvalue weighted by Gasteiger charge is 2.19. The molecule has 6 heteroatoms. The van der Waals surface area contributed by atoms with Gasteiger partial charge in [0.05, 0.1) is 0 Å². The molecule has 0 saturated carbocycles. The summed E-state index contributed by atoms with van der Waals surface area (Å²) >= 11 is 0. The molecule has 1 unspecified atom stereocenters. The number of allylic oxidation sites excluding steroid dienone is 4. The molecular weight excluding hydrogens is 985 g/mol. The number of carbonyl (C=O) groups is 3. The van der Waals surface area contributed by atoms with Crippen molar-refractivity contribution in [3.63, 3.8) is 0 Å². The zero-order valence-electron chi connectivity index (χ0n) is 54.4. The van der Waals surface area contributed by atoms with Gasteiger partial charge in [0, 0.05) is 19.3 Å². The Labute approximate surface area is 500 Å². The van der Waals surface area contributed by atoms with Gasteiger partial charge in [-0.05, 0) is 70.6 Å². The average molecular weight is 1130 g/mol. The van der Waals surface area contributed by atoms with Crippen molar-refractivity contribution < 1.29 is 28.6 Å². The Bertz CT molecular complexity index is 1290. The van der Waals surface area contributed by atoms with E-state index in [0.29, 0.717) is 19.3 Å². The number of hydrogen-bond acceptors (Lipinski definition) is 6. The molecule has 0 aliphatic rings. The smallest absolute Gasteiger partial charge is 0.306 e.